The number of hydrogen-bond donors (Lipinski definition) is 1. The van der Waals surface area contributed by atoms with Crippen molar-refractivity contribution in [2.75, 3.05) is 13.1 Å². The van der Waals surface area contributed by atoms with Crippen LogP contribution < -0.4 is 5.56 Å². The number of fused-ring (bicyclic) bond motifs is 1. The summed E-state index contributed by atoms with van der Waals surface area (Å²) in [7, 11) is 0. The molecule has 2 saturated carbocycles. The van der Waals surface area contributed by atoms with Crippen LogP contribution in [0.4, 0.5) is 0 Å². The van der Waals surface area contributed by atoms with Crippen LogP contribution in [0.2, 0.25) is 0 Å². The second kappa shape index (κ2) is 9.36. The molecule has 7 nitrogen and oxygen atoms in total. The van der Waals surface area contributed by atoms with Crippen molar-refractivity contribution in [2.45, 2.75) is 96.1 Å². The molecule has 7 heteroatoms. The summed E-state index contributed by atoms with van der Waals surface area (Å²) in [6.45, 7) is 1.74. The van der Waals surface area contributed by atoms with E-state index in [-0.39, 0.29) is 29.3 Å². The maximum Gasteiger partial charge on any atom is 0.256 e. The van der Waals surface area contributed by atoms with Crippen LogP contribution in [0, 0.1) is 11.8 Å². The number of nitrogens with one attached hydrogen (secondary N) is 1. The van der Waals surface area contributed by atoms with Gasteiger partial charge < -0.3 is 14.8 Å². The smallest absolute Gasteiger partial charge is 0.256 e. The van der Waals surface area contributed by atoms with Gasteiger partial charge >= 0.3 is 0 Å². The molecule has 1 aromatic heterocycles. The lowest BCUT2D eigenvalue weighted by atomic mass is 9.86. The zero-order valence-electron chi connectivity index (χ0n) is 19.1. The molecule has 5 rings (SSSR count). The Morgan fingerprint density at radius 3 is 2.47 bits per heavy atom. The van der Waals surface area contributed by atoms with E-state index >= 15 is 0 Å². The van der Waals surface area contributed by atoms with Crippen molar-refractivity contribution < 1.29 is 9.59 Å². The minimum atomic E-state index is -0.139. The zero-order valence-corrected chi connectivity index (χ0v) is 19.1. The van der Waals surface area contributed by atoms with E-state index in [4.69, 9.17) is 4.98 Å². The summed E-state index contributed by atoms with van der Waals surface area (Å²) in [5.74, 6) is 1.70. The van der Waals surface area contributed by atoms with Gasteiger partial charge in [0.2, 0.25) is 11.8 Å². The highest BCUT2D eigenvalue weighted by molar-refractivity contribution is 5.79. The van der Waals surface area contributed by atoms with Crippen LogP contribution in [0.5, 0.6) is 0 Å². The maximum atomic E-state index is 13.0. The average Bonchev–Trinajstić information content (AvgIpc) is 3.51. The molecule has 0 spiro atoms. The van der Waals surface area contributed by atoms with Crippen LogP contribution in [0.25, 0.3) is 0 Å². The number of hydrogen-bond acceptors (Lipinski definition) is 4. The first-order valence-electron chi connectivity index (χ1n) is 12.8. The molecule has 2 aliphatic heterocycles. The van der Waals surface area contributed by atoms with Crippen molar-refractivity contribution in [3.05, 3.63) is 27.4 Å². The second-order valence-corrected chi connectivity index (χ2v) is 10.3. The van der Waals surface area contributed by atoms with E-state index in [9.17, 15) is 14.4 Å². The normalized spacial score (nSPS) is 24.7. The molecule has 3 fully saturated rings. The van der Waals surface area contributed by atoms with Gasteiger partial charge in [0.15, 0.2) is 0 Å². The lowest BCUT2D eigenvalue weighted by Crippen LogP contribution is -2.41. The number of carbonyl (C=O) groups excluding carboxylic acids is 2. The molecule has 4 aliphatic rings. The largest absolute Gasteiger partial charge is 0.338 e. The van der Waals surface area contributed by atoms with E-state index in [1.807, 2.05) is 9.80 Å². The van der Waals surface area contributed by atoms with Gasteiger partial charge in [-0.3, -0.25) is 14.4 Å². The molecule has 0 aromatic carbocycles. The number of aromatic amines is 1. The minimum absolute atomic E-state index is 0.118. The van der Waals surface area contributed by atoms with E-state index in [0.717, 1.165) is 63.6 Å². The monoisotopic (exact) mass is 440 g/mol. The molecule has 3 heterocycles. The fraction of sp³-hybridized carbons (Fsp3) is 0.760. The van der Waals surface area contributed by atoms with E-state index < -0.39 is 0 Å². The summed E-state index contributed by atoms with van der Waals surface area (Å²) in [4.78, 5) is 50.5. The van der Waals surface area contributed by atoms with Crippen molar-refractivity contribution in [2.24, 2.45) is 11.8 Å². The third-order valence-corrected chi connectivity index (χ3v) is 8.18. The van der Waals surface area contributed by atoms with Crippen LogP contribution >= 0.6 is 0 Å². The minimum Gasteiger partial charge on any atom is -0.338 e. The third-order valence-electron chi connectivity index (χ3n) is 8.18. The van der Waals surface area contributed by atoms with Gasteiger partial charge in [-0.15, -0.1) is 0 Å². The van der Waals surface area contributed by atoms with E-state index in [1.165, 1.54) is 19.3 Å². The quantitative estimate of drug-likeness (QED) is 0.777. The maximum absolute atomic E-state index is 13.0. The van der Waals surface area contributed by atoms with Crippen LogP contribution in [-0.4, -0.2) is 44.7 Å². The average molecular weight is 441 g/mol. The zero-order chi connectivity index (χ0) is 22.1. The SMILES string of the molecule is O=C(CC1CCCCC1)N1CCc2nc(C3CCCN3C(=O)C3CCCC3)[nH]c(=O)c2C1. The van der Waals surface area contributed by atoms with E-state index in [2.05, 4.69) is 4.98 Å². The summed E-state index contributed by atoms with van der Waals surface area (Å²) < 4.78 is 0. The molecule has 0 bridgehead atoms. The molecule has 1 saturated heterocycles. The molecule has 1 unspecified atom stereocenters. The van der Waals surface area contributed by atoms with Crippen LogP contribution in [-0.2, 0) is 22.6 Å². The Hall–Kier alpha value is -2.18. The molecule has 174 valence electrons. The number of H-pyrrole nitrogens is 1. The Bertz CT molecular complexity index is 914. The van der Waals surface area contributed by atoms with Gasteiger partial charge in [-0.25, -0.2) is 4.98 Å². The summed E-state index contributed by atoms with van der Waals surface area (Å²) in [5.41, 5.74) is 1.30. The van der Waals surface area contributed by atoms with Crippen molar-refractivity contribution >= 4 is 11.8 Å². The van der Waals surface area contributed by atoms with Crippen LogP contribution in [0.1, 0.15) is 100 Å². The molecule has 2 amide bonds. The fourth-order valence-electron chi connectivity index (χ4n) is 6.30. The van der Waals surface area contributed by atoms with Gasteiger partial charge in [-0.2, -0.15) is 0 Å². The van der Waals surface area contributed by atoms with Crippen LogP contribution in [0.15, 0.2) is 4.79 Å². The first-order valence-corrected chi connectivity index (χ1v) is 12.8. The van der Waals surface area contributed by atoms with Gasteiger partial charge in [0.05, 0.1) is 23.8 Å². The Kier molecular flexibility index (Phi) is 6.33. The first-order chi connectivity index (χ1) is 15.6. The molecule has 0 radical (unpaired) electrons. The molecular weight excluding hydrogens is 404 g/mol. The van der Waals surface area contributed by atoms with Gasteiger partial charge in [0.25, 0.3) is 5.56 Å². The molecular formula is C25H36N4O3. The van der Waals surface area contributed by atoms with E-state index in [1.54, 1.807) is 0 Å². The van der Waals surface area contributed by atoms with Crippen molar-refractivity contribution in [1.29, 1.82) is 0 Å². The topological polar surface area (TPSA) is 86.4 Å². The third kappa shape index (κ3) is 4.35. The molecule has 1 N–H and O–H groups in total. The molecule has 2 aliphatic carbocycles. The Labute approximate surface area is 190 Å². The van der Waals surface area contributed by atoms with Gasteiger partial charge in [-0.05, 0) is 44.4 Å². The summed E-state index contributed by atoms with van der Waals surface area (Å²) in [6.07, 6.45) is 13.3. The predicted molar refractivity (Wildman–Crippen MR) is 121 cm³/mol. The van der Waals surface area contributed by atoms with Gasteiger partial charge in [0, 0.05) is 31.8 Å². The highest BCUT2D eigenvalue weighted by atomic mass is 16.2. The molecule has 1 aromatic rings. The van der Waals surface area contributed by atoms with Gasteiger partial charge in [-0.1, -0.05) is 32.1 Å². The Morgan fingerprint density at radius 1 is 0.938 bits per heavy atom. The van der Waals surface area contributed by atoms with Gasteiger partial charge in [0.1, 0.15) is 5.82 Å². The summed E-state index contributed by atoms with van der Waals surface area (Å²) in [5, 5.41) is 0. The lowest BCUT2D eigenvalue weighted by molar-refractivity contribution is -0.136. The van der Waals surface area contributed by atoms with Crippen molar-refractivity contribution in [3.63, 3.8) is 0 Å². The summed E-state index contributed by atoms with van der Waals surface area (Å²) >= 11 is 0. The lowest BCUT2D eigenvalue weighted by Gasteiger charge is -2.31. The number of nitrogens with zero attached hydrogens (tertiary/aromatic N) is 3. The number of likely N-dealkylation sites (tertiary alicyclic amines) is 1. The Morgan fingerprint density at radius 2 is 1.69 bits per heavy atom. The highest BCUT2D eigenvalue weighted by Gasteiger charge is 2.37. The molecule has 32 heavy (non-hydrogen) atoms. The number of aromatic nitrogens is 2. The Balaban J connectivity index is 1.29. The second-order valence-electron chi connectivity index (χ2n) is 10.3. The number of rotatable bonds is 4. The fourth-order valence-corrected chi connectivity index (χ4v) is 6.30. The van der Waals surface area contributed by atoms with Crippen LogP contribution in [0.3, 0.4) is 0 Å². The van der Waals surface area contributed by atoms with Crippen molar-refractivity contribution in [1.82, 2.24) is 19.8 Å². The van der Waals surface area contributed by atoms with E-state index in [0.29, 0.717) is 43.2 Å². The number of carbonyl (C=O) groups is 2. The number of amides is 2. The highest BCUT2D eigenvalue weighted by Crippen LogP contribution is 2.35. The first kappa shape index (κ1) is 21.7. The molecule has 1 atom stereocenters. The van der Waals surface area contributed by atoms with Crippen molar-refractivity contribution in [3.8, 4) is 0 Å². The standard InChI is InChI=1S/C25H36N4O3/c30-22(15-17-7-2-1-3-8-17)28-14-12-20-19(16-28)24(31)27-23(26-20)21-11-6-13-29(21)25(32)18-9-4-5-10-18/h17-18,21H,1-16H2,(H,26,27,31). The summed E-state index contributed by atoms with van der Waals surface area (Å²) in [6, 6.07) is -0.118. The predicted octanol–water partition coefficient (Wildman–Crippen LogP) is 3.48.